The summed E-state index contributed by atoms with van der Waals surface area (Å²) in [6, 6.07) is 24.0. The molecule has 0 saturated carbocycles. The number of nitrogens with one attached hydrogen (secondary N) is 1. The molecule has 2 aromatic carbocycles. The lowest BCUT2D eigenvalue weighted by atomic mass is 9.90. The number of carbonyl (C=O) groups excluding carboxylic acids is 1. The van der Waals surface area contributed by atoms with Crippen LogP contribution < -0.4 is 10.2 Å². The van der Waals surface area contributed by atoms with E-state index >= 15 is 0 Å². The van der Waals surface area contributed by atoms with Crippen LogP contribution in [0.5, 0.6) is 0 Å². The van der Waals surface area contributed by atoms with Crippen molar-refractivity contribution >= 4 is 35.1 Å². The molecule has 1 fully saturated rings. The maximum absolute atomic E-state index is 12.5. The molecule has 1 amide bonds. The molecule has 3 heterocycles. The van der Waals surface area contributed by atoms with Crippen LogP contribution in [0.15, 0.2) is 90.3 Å². The molecular formula is C30H30ClN5OS. The third-order valence-corrected chi connectivity index (χ3v) is 7.87. The number of nitrogens with zero attached hydrogens (tertiary/aromatic N) is 4. The number of benzene rings is 2. The number of thioether (sulfide) groups is 1. The van der Waals surface area contributed by atoms with E-state index in [2.05, 4.69) is 50.5 Å². The Labute approximate surface area is 232 Å². The molecule has 1 N–H and O–H groups in total. The van der Waals surface area contributed by atoms with Crippen LogP contribution in [0, 0.1) is 5.92 Å². The van der Waals surface area contributed by atoms with Crippen LogP contribution in [0.1, 0.15) is 39.9 Å². The van der Waals surface area contributed by atoms with Gasteiger partial charge in [0.15, 0.2) is 5.16 Å². The summed E-state index contributed by atoms with van der Waals surface area (Å²) in [7, 11) is 0. The highest BCUT2D eigenvalue weighted by Crippen LogP contribution is 2.28. The average molecular weight is 544 g/mol. The minimum atomic E-state index is -0.101. The lowest BCUT2D eigenvalue weighted by Crippen LogP contribution is -2.35. The van der Waals surface area contributed by atoms with Crippen LogP contribution in [-0.2, 0) is 18.7 Å². The van der Waals surface area contributed by atoms with E-state index in [-0.39, 0.29) is 5.91 Å². The van der Waals surface area contributed by atoms with Crippen molar-refractivity contribution < 1.29 is 4.79 Å². The number of hydrogen-bond donors (Lipinski definition) is 1. The second-order valence-electron chi connectivity index (χ2n) is 9.48. The van der Waals surface area contributed by atoms with E-state index in [9.17, 15) is 4.79 Å². The summed E-state index contributed by atoms with van der Waals surface area (Å²) < 4.78 is 0. The van der Waals surface area contributed by atoms with Crippen molar-refractivity contribution in [3.8, 4) is 0 Å². The minimum absolute atomic E-state index is 0.101. The number of pyridine rings is 1. The molecule has 1 aliphatic rings. The molecule has 1 saturated heterocycles. The van der Waals surface area contributed by atoms with Crippen LogP contribution in [0.2, 0.25) is 5.15 Å². The average Bonchev–Trinajstić information content (AvgIpc) is 2.96. The first-order valence-electron chi connectivity index (χ1n) is 12.8. The van der Waals surface area contributed by atoms with E-state index in [4.69, 9.17) is 16.6 Å². The van der Waals surface area contributed by atoms with Gasteiger partial charge >= 0.3 is 0 Å². The van der Waals surface area contributed by atoms with Gasteiger partial charge in [0.2, 0.25) is 0 Å². The van der Waals surface area contributed by atoms with Crippen molar-refractivity contribution in [1.82, 2.24) is 20.3 Å². The zero-order valence-electron chi connectivity index (χ0n) is 21.1. The Bertz CT molecular complexity index is 1330. The number of amides is 1. The molecule has 0 spiro atoms. The fourth-order valence-corrected chi connectivity index (χ4v) is 5.65. The first-order chi connectivity index (χ1) is 18.6. The number of halogens is 1. The number of anilines is 1. The third kappa shape index (κ3) is 7.33. The predicted octanol–water partition coefficient (Wildman–Crippen LogP) is 6.21. The Kier molecular flexibility index (Phi) is 8.89. The maximum atomic E-state index is 12.5. The predicted molar refractivity (Wildman–Crippen MR) is 154 cm³/mol. The van der Waals surface area contributed by atoms with Gasteiger partial charge in [-0.25, -0.2) is 9.97 Å². The first-order valence-corrected chi connectivity index (χ1v) is 14.2. The largest absolute Gasteiger partial charge is 0.356 e. The Morgan fingerprint density at radius 2 is 1.66 bits per heavy atom. The van der Waals surface area contributed by atoms with Crippen molar-refractivity contribution in [3.05, 3.63) is 113 Å². The smallest absolute Gasteiger partial charge is 0.251 e. The van der Waals surface area contributed by atoms with E-state index in [0.717, 1.165) is 49.3 Å². The van der Waals surface area contributed by atoms with E-state index in [1.54, 1.807) is 24.2 Å². The van der Waals surface area contributed by atoms with Gasteiger partial charge in [-0.05, 0) is 66.1 Å². The van der Waals surface area contributed by atoms with Crippen molar-refractivity contribution in [2.45, 2.75) is 36.7 Å². The zero-order chi connectivity index (χ0) is 26.2. The number of rotatable bonds is 9. The Balaban J connectivity index is 1.12. The molecule has 5 rings (SSSR count). The molecule has 194 valence electrons. The second-order valence-corrected chi connectivity index (χ2v) is 10.8. The van der Waals surface area contributed by atoms with Gasteiger partial charge in [0, 0.05) is 49.4 Å². The Hall–Kier alpha value is -3.42. The van der Waals surface area contributed by atoms with Gasteiger partial charge in [0.1, 0.15) is 11.0 Å². The summed E-state index contributed by atoms with van der Waals surface area (Å²) in [6.07, 6.45) is 6.85. The Morgan fingerprint density at radius 1 is 0.921 bits per heavy atom. The van der Waals surface area contributed by atoms with E-state index in [1.807, 2.05) is 42.5 Å². The van der Waals surface area contributed by atoms with Crippen molar-refractivity contribution in [2.24, 2.45) is 5.92 Å². The second kappa shape index (κ2) is 12.9. The summed E-state index contributed by atoms with van der Waals surface area (Å²) >= 11 is 7.93. The zero-order valence-corrected chi connectivity index (χ0v) is 22.7. The Morgan fingerprint density at radius 3 is 2.39 bits per heavy atom. The van der Waals surface area contributed by atoms with Gasteiger partial charge < -0.3 is 10.2 Å². The lowest BCUT2D eigenvalue weighted by molar-refractivity contribution is 0.0951. The summed E-state index contributed by atoms with van der Waals surface area (Å²) in [6.45, 7) is 2.41. The topological polar surface area (TPSA) is 71.0 Å². The van der Waals surface area contributed by atoms with Gasteiger partial charge in [-0.2, -0.15) is 0 Å². The molecule has 38 heavy (non-hydrogen) atoms. The minimum Gasteiger partial charge on any atom is -0.356 e. The SMILES string of the molecule is O=C(NCc1ccncc1)c1ccc(CSc2nc(Cl)cc(N3CCC(Cc4ccccc4)CC3)n2)cc1. The lowest BCUT2D eigenvalue weighted by Gasteiger charge is -2.33. The fraction of sp³-hybridized carbons (Fsp3) is 0.267. The molecular weight excluding hydrogens is 514 g/mol. The summed E-state index contributed by atoms with van der Waals surface area (Å²) in [4.78, 5) is 28.0. The molecule has 8 heteroatoms. The summed E-state index contributed by atoms with van der Waals surface area (Å²) in [5.74, 6) is 2.18. The molecule has 1 aliphatic heterocycles. The number of hydrogen-bond acceptors (Lipinski definition) is 6. The van der Waals surface area contributed by atoms with Gasteiger partial charge in [0.05, 0.1) is 0 Å². The number of carbonyl (C=O) groups is 1. The van der Waals surface area contributed by atoms with Gasteiger partial charge in [-0.15, -0.1) is 0 Å². The standard InChI is InChI=1S/C30H30ClN5OS/c31-27-19-28(36-16-12-23(13-17-36)18-22-4-2-1-3-5-22)35-30(34-27)38-21-25-6-8-26(9-7-25)29(37)33-20-24-10-14-32-15-11-24/h1-11,14-15,19,23H,12-13,16-18,20-21H2,(H,33,37). The molecule has 0 unspecified atom stereocenters. The monoisotopic (exact) mass is 543 g/mol. The maximum Gasteiger partial charge on any atom is 0.251 e. The molecule has 0 radical (unpaired) electrons. The number of aromatic nitrogens is 3. The number of piperidine rings is 1. The molecule has 2 aromatic heterocycles. The molecule has 0 atom stereocenters. The van der Waals surface area contributed by atoms with Crippen LogP contribution in [0.25, 0.3) is 0 Å². The van der Waals surface area contributed by atoms with Crippen LogP contribution in [-0.4, -0.2) is 33.9 Å². The highest BCUT2D eigenvalue weighted by molar-refractivity contribution is 7.98. The highest BCUT2D eigenvalue weighted by atomic mass is 35.5. The molecule has 4 aromatic rings. The highest BCUT2D eigenvalue weighted by Gasteiger charge is 2.21. The van der Waals surface area contributed by atoms with Crippen LogP contribution in [0.3, 0.4) is 0 Å². The first kappa shape index (κ1) is 26.2. The summed E-state index contributed by atoms with van der Waals surface area (Å²) in [5.41, 5.74) is 4.14. The van der Waals surface area contributed by atoms with Gasteiger partial charge in [-0.1, -0.05) is 65.8 Å². The van der Waals surface area contributed by atoms with E-state index < -0.39 is 0 Å². The van der Waals surface area contributed by atoms with Crippen molar-refractivity contribution in [3.63, 3.8) is 0 Å². The third-order valence-electron chi connectivity index (χ3n) is 6.75. The molecule has 0 bridgehead atoms. The van der Waals surface area contributed by atoms with Crippen molar-refractivity contribution in [2.75, 3.05) is 18.0 Å². The normalized spacial score (nSPS) is 13.9. The quantitative estimate of drug-likeness (QED) is 0.154. The van der Waals surface area contributed by atoms with Crippen molar-refractivity contribution in [1.29, 1.82) is 0 Å². The van der Waals surface area contributed by atoms with Crippen LogP contribution in [0.4, 0.5) is 5.82 Å². The molecule has 0 aliphatic carbocycles. The van der Waals surface area contributed by atoms with E-state index in [0.29, 0.717) is 34.1 Å². The van der Waals surface area contributed by atoms with Gasteiger partial charge in [0.25, 0.3) is 5.91 Å². The van der Waals surface area contributed by atoms with Crippen LogP contribution >= 0.6 is 23.4 Å². The molecule has 6 nitrogen and oxygen atoms in total. The van der Waals surface area contributed by atoms with Gasteiger partial charge in [-0.3, -0.25) is 9.78 Å². The van der Waals surface area contributed by atoms with E-state index in [1.165, 1.54) is 5.56 Å². The fourth-order valence-electron chi connectivity index (χ4n) is 4.61. The summed E-state index contributed by atoms with van der Waals surface area (Å²) in [5, 5.41) is 4.07.